The number of ether oxygens (including phenoxy) is 1. The number of phenolic OH excluding ortho intramolecular Hbond substituents is 1. The maximum absolute atomic E-state index is 14.5. The van der Waals surface area contributed by atoms with Crippen LogP contribution < -0.4 is 10.1 Å². The number of rotatable bonds is 7. The normalized spacial score (nSPS) is 17.4. The van der Waals surface area contributed by atoms with Crippen molar-refractivity contribution < 1.29 is 28.3 Å². The van der Waals surface area contributed by atoms with E-state index in [4.69, 9.17) is 4.74 Å². The first-order valence-corrected chi connectivity index (χ1v) is 11.3. The van der Waals surface area contributed by atoms with Crippen molar-refractivity contribution in [2.24, 2.45) is 5.92 Å². The number of amides is 2. The molecule has 2 aromatic carbocycles. The molecular formula is C26H25F2N3O4. The number of pyridine rings is 1. The maximum atomic E-state index is 14.5. The lowest BCUT2D eigenvalue weighted by Gasteiger charge is -2.29. The van der Waals surface area contributed by atoms with Gasteiger partial charge in [0, 0.05) is 18.2 Å². The SMILES string of the molecule is O=C(NC1CCC(C(=O)N(F)Cc2ccc(O)cc2)CC1)c1cccnc1Oc1ccc(F)cc1. The summed E-state index contributed by atoms with van der Waals surface area (Å²) < 4.78 is 33.3. The Morgan fingerprint density at radius 3 is 2.40 bits per heavy atom. The van der Waals surface area contributed by atoms with Gasteiger partial charge in [-0.25, -0.2) is 9.37 Å². The van der Waals surface area contributed by atoms with Crippen LogP contribution in [0.5, 0.6) is 17.4 Å². The average Bonchev–Trinajstić information content (AvgIpc) is 2.87. The standard InChI is InChI=1S/C26H25F2N3O4/c27-19-7-13-22(14-8-19)35-25-23(2-1-15-29-25)24(33)30-20-9-5-18(6-10-20)26(34)31(28)16-17-3-11-21(32)12-4-17/h1-4,7-8,11-15,18,20,32H,5-6,9-10,16H2,(H,30,33). The Kier molecular flexibility index (Phi) is 7.54. The van der Waals surface area contributed by atoms with Gasteiger partial charge < -0.3 is 15.2 Å². The Hall–Kier alpha value is -4.01. The molecule has 1 aliphatic carbocycles. The highest BCUT2D eigenvalue weighted by Crippen LogP contribution is 2.28. The van der Waals surface area contributed by atoms with Gasteiger partial charge in [0.15, 0.2) is 0 Å². The summed E-state index contributed by atoms with van der Waals surface area (Å²) in [5, 5.41) is 12.5. The Morgan fingerprint density at radius 2 is 1.71 bits per heavy atom. The number of carbonyl (C=O) groups is 2. The van der Waals surface area contributed by atoms with E-state index in [2.05, 4.69) is 10.3 Å². The second-order valence-corrected chi connectivity index (χ2v) is 8.46. The van der Waals surface area contributed by atoms with Gasteiger partial charge in [0.25, 0.3) is 11.8 Å². The molecule has 3 aromatic rings. The van der Waals surface area contributed by atoms with E-state index in [1.807, 2.05) is 0 Å². The van der Waals surface area contributed by atoms with Crippen molar-refractivity contribution >= 4 is 11.8 Å². The van der Waals surface area contributed by atoms with Crippen molar-refractivity contribution in [2.45, 2.75) is 38.3 Å². The number of hydrogen-bond donors (Lipinski definition) is 2. The third kappa shape index (κ3) is 6.32. The highest BCUT2D eigenvalue weighted by atomic mass is 19.2. The number of hydrogen-bond acceptors (Lipinski definition) is 5. The molecule has 1 heterocycles. The molecule has 1 aliphatic rings. The molecule has 0 bridgehead atoms. The topological polar surface area (TPSA) is 91.8 Å². The highest BCUT2D eigenvalue weighted by molar-refractivity contribution is 5.96. The summed E-state index contributed by atoms with van der Waals surface area (Å²) in [5.74, 6) is -1.28. The summed E-state index contributed by atoms with van der Waals surface area (Å²) in [5.41, 5.74) is 0.814. The molecule has 0 spiro atoms. The molecule has 0 radical (unpaired) electrons. The van der Waals surface area contributed by atoms with E-state index >= 15 is 0 Å². The first-order valence-electron chi connectivity index (χ1n) is 11.3. The van der Waals surface area contributed by atoms with Gasteiger partial charge in [0.2, 0.25) is 5.88 Å². The van der Waals surface area contributed by atoms with Crippen molar-refractivity contribution in [2.75, 3.05) is 0 Å². The van der Waals surface area contributed by atoms with E-state index in [1.54, 1.807) is 24.3 Å². The van der Waals surface area contributed by atoms with Crippen LogP contribution in [0.3, 0.4) is 0 Å². The lowest BCUT2D eigenvalue weighted by Crippen LogP contribution is -2.40. The summed E-state index contributed by atoms with van der Waals surface area (Å²) in [6.45, 7) is -0.187. The third-order valence-corrected chi connectivity index (χ3v) is 5.95. The van der Waals surface area contributed by atoms with Gasteiger partial charge >= 0.3 is 0 Å². The molecule has 0 atom stereocenters. The van der Waals surface area contributed by atoms with Crippen molar-refractivity contribution in [3.05, 3.63) is 83.8 Å². The van der Waals surface area contributed by atoms with Crippen LogP contribution in [0.15, 0.2) is 66.9 Å². The molecule has 1 aromatic heterocycles. The van der Waals surface area contributed by atoms with Gasteiger partial charge in [-0.2, -0.15) is 5.12 Å². The molecule has 2 N–H and O–H groups in total. The van der Waals surface area contributed by atoms with E-state index in [-0.39, 0.29) is 40.8 Å². The lowest BCUT2D eigenvalue weighted by atomic mass is 9.85. The van der Waals surface area contributed by atoms with Gasteiger partial charge in [0.05, 0.1) is 6.54 Å². The summed E-state index contributed by atoms with van der Waals surface area (Å²) >= 11 is 0. The smallest absolute Gasteiger partial charge is 0.257 e. The maximum Gasteiger partial charge on any atom is 0.257 e. The van der Waals surface area contributed by atoms with Crippen molar-refractivity contribution in [1.82, 2.24) is 15.4 Å². The molecule has 0 aliphatic heterocycles. The van der Waals surface area contributed by atoms with Crippen LogP contribution in [0.2, 0.25) is 0 Å². The fourth-order valence-corrected chi connectivity index (χ4v) is 4.04. The molecule has 1 fully saturated rings. The lowest BCUT2D eigenvalue weighted by molar-refractivity contribution is -0.153. The van der Waals surface area contributed by atoms with E-state index in [9.17, 15) is 23.6 Å². The monoisotopic (exact) mass is 481 g/mol. The molecule has 182 valence electrons. The number of carbonyl (C=O) groups excluding carboxylic acids is 2. The van der Waals surface area contributed by atoms with Crippen LogP contribution in [0.1, 0.15) is 41.6 Å². The first-order chi connectivity index (χ1) is 16.9. The summed E-state index contributed by atoms with van der Waals surface area (Å²) in [4.78, 5) is 29.5. The fraction of sp³-hybridized carbons (Fsp3) is 0.269. The molecule has 4 rings (SSSR count). The zero-order valence-corrected chi connectivity index (χ0v) is 18.9. The summed E-state index contributed by atoms with van der Waals surface area (Å²) in [6, 6.07) is 14.4. The Labute approximate surface area is 201 Å². The third-order valence-electron chi connectivity index (χ3n) is 5.95. The number of aromatic hydroxyl groups is 1. The molecule has 0 saturated heterocycles. The van der Waals surface area contributed by atoms with Crippen molar-refractivity contribution in [1.29, 1.82) is 0 Å². The average molecular weight is 481 g/mol. The molecular weight excluding hydrogens is 456 g/mol. The molecule has 1 saturated carbocycles. The van der Waals surface area contributed by atoms with Crippen LogP contribution in [0.25, 0.3) is 0 Å². The Bertz CT molecular complexity index is 1160. The quantitative estimate of drug-likeness (QED) is 0.468. The van der Waals surface area contributed by atoms with Crippen molar-refractivity contribution in [3.63, 3.8) is 0 Å². The predicted molar refractivity (Wildman–Crippen MR) is 124 cm³/mol. The van der Waals surface area contributed by atoms with E-state index in [1.165, 1.54) is 42.6 Å². The largest absolute Gasteiger partial charge is 0.508 e. The highest BCUT2D eigenvalue weighted by Gasteiger charge is 2.31. The Balaban J connectivity index is 1.30. The van der Waals surface area contributed by atoms with E-state index in [0.717, 1.165) is 0 Å². The number of phenols is 1. The minimum Gasteiger partial charge on any atom is -0.508 e. The molecule has 35 heavy (non-hydrogen) atoms. The second-order valence-electron chi connectivity index (χ2n) is 8.46. The van der Waals surface area contributed by atoms with Crippen LogP contribution in [-0.2, 0) is 11.3 Å². The molecule has 2 amide bonds. The van der Waals surface area contributed by atoms with E-state index in [0.29, 0.717) is 37.0 Å². The van der Waals surface area contributed by atoms with Gasteiger partial charge in [0.1, 0.15) is 22.9 Å². The fourth-order valence-electron chi connectivity index (χ4n) is 4.04. The first kappa shape index (κ1) is 24.1. The van der Waals surface area contributed by atoms with Crippen LogP contribution in [0.4, 0.5) is 8.87 Å². The number of aromatic nitrogens is 1. The molecule has 9 heteroatoms. The van der Waals surface area contributed by atoms with Crippen LogP contribution in [0, 0.1) is 11.7 Å². The number of halogens is 2. The minimum absolute atomic E-state index is 0.0753. The molecule has 7 nitrogen and oxygen atoms in total. The number of nitrogens with zero attached hydrogens (tertiary/aromatic N) is 2. The van der Waals surface area contributed by atoms with Crippen molar-refractivity contribution in [3.8, 4) is 17.4 Å². The number of benzene rings is 2. The zero-order chi connectivity index (χ0) is 24.8. The van der Waals surface area contributed by atoms with Gasteiger partial charge in [-0.1, -0.05) is 16.6 Å². The molecule has 0 unspecified atom stereocenters. The predicted octanol–water partition coefficient (Wildman–Crippen LogP) is 4.92. The zero-order valence-electron chi connectivity index (χ0n) is 18.9. The van der Waals surface area contributed by atoms with Gasteiger partial charge in [-0.3, -0.25) is 9.59 Å². The summed E-state index contributed by atoms with van der Waals surface area (Å²) in [7, 11) is 0. The Morgan fingerprint density at radius 1 is 1.03 bits per heavy atom. The second kappa shape index (κ2) is 10.9. The minimum atomic E-state index is -0.579. The van der Waals surface area contributed by atoms with Crippen LogP contribution in [-0.4, -0.2) is 33.1 Å². The van der Waals surface area contributed by atoms with E-state index < -0.39 is 17.6 Å². The van der Waals surface area contributed by atoms with Crippen LogP contribution >= 0.6 is 0 Å². The summed E-state index contributed by atoms with van der Waals surface area (Å²) in [6.07, 6.45) is 3.46. The number of nitrogens with one attached hydrogen (secondary N) is 1. The van der Waals surface area contributed by atoms with Gasteiger partial charge in [-0.05, 0) is 79.8 Å². The van der Waals surface area contributed by atoms with Gasteiger partial charge in [-0.15, -0.1) is 0 Å².